The number of carbonyl (C=O) groups is 1. The second kappa shape index (κ2) is 3.87. The van der Waals surface area contributed by atoms with E-state index < -0.39 is 0 Å². The Bertz CT molecular complexity index is 223. The van der Waals surface area contributed by atoms with Crippen LogP contribution in [-0.4, -0.2) is 34.8 Å². The molecule has 4 heteroatoms. The molecule has 0 unspecified atom stereocenters. The Morgan fingerprint density at radius 1 is 1.43 bits per heavy atom. The van der Waals surface area contributed by atoms with E-state index in [1.165, 1.54) is 17.9 Å². The molecule has 1 saturated heterocycles. The van der Waals surface area contributed by atoms with E-state index in [1.807, 2.05) is 0 Å². The first-order valence-corrected chi connectivity index (χ1v) is 5.36. The number of aliphatic hydroxyl groups is 1. The van der Waals surface area contributed by atoms with Gasteiger partial charge in [-0.2, -0.15) is 0 Å². The van der Waals surface area contributed by atoms with Crippen LogP contribution in [0.2, 0.25) is 0 Å². The topological polar surface area (TPSA) is 49.8 Å². The number of carbonyl (C=O) groups excluding carboxylic acids is 1. The van der Waals surface area contributed by atoms with Gasteiger partial charge < -0.3 is 5.11 Å². The molecule has 0 bridgehead atoms. The van der Waals surface area contributed by atoms with E-state index in [-0.39, 0.29) is 18.1 Å². The molecule has 80 valence electrons. The average molecular weight is 199 g/mol. The summed E-state index contributed by atoms with van der Waals surface area (Å²) in [5, 5.41) is 10.1. The van der Waals surface area contributed by atoms with Gasteiger partial charge in [-0.1, -0.05) is 12.8 Å². The van der Waals surface area contributed by atoms with Gasteiger partial charge >= 0.3 is 0 Å². The van der Waals surface area contributed by atoms with E-state index in [2.05, 4.69) is 0 Å². The maximum absolute atomic E-state index is 11.6. The van der Waals surface area contributed by atoms with Crippen LogP contribution in [-0.2, 0) is 9.63 Å². The summed E-state index contributed by atoms with van der Waals surface area (Å²) in [7, 11) is 0. The molecule has 2 rings (SSSR count). The van der Waals surface area contributed by atoms with E-state index in [4.69, 9.17) is 9.94 Å². The lowest BCUT2D eigenvalue weighted by Crippen LogP contribution is -2.29. The molecule has 0 aromatic heterocycles. The van der Waals surface area contributed by atoms with Crippen molar-refractivity contribution in [3.05, 3.63) is 0 Å². The summed E-state index contributed by atoms with van der Waals surface area (Å²) in [6, 6.07) is 0. The SMILES string of the molecule is O=C1CC2(CCCC2)ON1CCCO. The third kappa shape index (κ3) is 1.77. The number of hydrogen-bond donors (Lipinski definition) is 1. The average Bonchev–Trinajstić information content (AvgIpc) is 2.72. The van der Waals surface area contributed by atoms with Crippen molar-refractivity contribution in [2.45, 2.75) is 44.1 Å². The third-order valence-corrected chi connectivity index (χ3v) is 3.09. The van der Waals surface area contributed by atoms with Crippen LogP contribution in [0.5, 0.6) is 0 Å². The Morgan fingerprint density at radius 3 is 2.79 bits per heavy atom. The lowest BCUT2D eigenvalue weighted by atomic mass is 9.99. The fourth-order valence-corrected chi connectivity index (χ4v) is 2.35. The minimum Gasteiger partial charge on any atom is -0.396 e. The van der Waals surface area contributed by atoms with E-state index in [0.29, 0.717) is 19.4 Å². The molecule has 1 heterocycles. The molecule has 0 aromatic carbocycles. The highest BCUT2D eigenvalue weighted by Crippen LogP contribution is 2.41. The highest BCUT2D eigenvalue weighted by atomic mass is 16.7. The predicted molar refractivity (Wildman–Crippen MR) is 50.3 cm³/mol. The highest BCUT2D eigenvalue weighted by Gasteiger charge is 2.46. The smallest absolute Gasteiger partial charge is 0.249 e. The van der Waals surface area contributed by atoms with Crippen LogP contribution in [0.25, 0.3) is 0 Å². The normalized spacial score (nSPS) is 25.2. The second-order valence-corrected chi connectivity index (χ2v) is 4.23. The molecule has 1 aliphatic heterocycles. The molecule has 0 radical (unpaired) electrons. The van der Waals surface area contributed by atoms with Crippen LogP contribution in [0.15, 0.2) is 0 Å². The zero-order valence-electron chi connectivity index (χ0n) is 8.37. The summed E-state index contributed by atoms with van der Waals surface area (Å²) in [6.07, 6.45) is 5.49. The molecule has 1 saturated carbocycles. The number of aliphatic hydroxyl groups excluding tert-OH is 1. The Hall–Kier alpha value is -0.610. The quantitative estimate of drug-likeness (QED) is 0.733. The highest BCUT2D eigenvalue weighted by molar-refractivity contribution is 5.78. The maximum atomic E-state index is 11.6. The molecule has 1 amide bonds. The van der Waals surface area contributed by atoms with Crippen LogP contribution in [0, 0.1) is 0 Å². The molecule has 1 spiro atoms. The Kier molecular flexibility index (Phi) is 2.74. The summed E-state index contributed by atoms with van der Waals surface area (Å²) in [5.74, 6) is 0.0837. The molecule has 2 fully saturated rings. The number of rotatable bonds is 3. The Labute approximate surface area is 83.8 Å². The minimum absolute atomic E-state index is 0.0837. The summed E-state index contributed by atoms with van der Waals surface area (Å²) >= 11 is 0. The van der Waals surface area contributed by atoms with Crippen LogP contribution in [0.3, 0.4) is 0 Å². The molecule has 1 N–H and O–H groups in total. The van der Waals surface area contributed by atoms with Crippen molar-refractivity contribution in [3.63, 3.8) is 0 Å². The molecule has 0 atom stereocenters. The van der Waals surface area contributed by atoms with Gasteiger partial charge in [0, 0.05) is 6.61 Å². The molecular weight excluding hydrogens is 182 g/mol. The van der Waals surface area contributed by atoms with Crippen LogP contribution >= 0.6 is 0 Å². The molecule has 14 heavy (non-hydrogen) atoms. The number of amides is 1. The van der Waals surface area contributed by atoms with Crippen molar-refractivity contribution >= 4 is 5.91 Å². The summed E-state index contributed by atoms with van der Waals surface area (Å²) in [4.78, 5) is 17.3. The monoisotopic (exact) mass is 199 g/mol. The zero-order valence-corrected chi connectivity index (χ0v) is 8.37. The first-order chi connectivity index (χ1) is 6.76. The second-order valence-electron chi connectivity index (χ2n) is 4.23. The fourth-order valence-electron chi connectivity index (χ4n) is 2.35. The van der Waals surface area contributed by atoms with Gasteiger partial charge in [0.05, 0.1) is 13.0 Å². The van der Waals surface area contributed by atoms with E-state index in [0.717, 1.165) is 12.8 Å². The number of hydroxylamine groups is 2. The zero-order chi connectivity index (χ0) is 10.0. The maximum Gasteiger partial charge on any atom is 0.249 e. The van der Waals surface area contributed by atoms with Crippen molar-refractivity contribution in [3.8, 4) is 0 Å². The van der Waals surface area contributed by atoms with Gasteiger partial charge in [0.2, 0.25) is 5.91 Å². The summed E-state index contributed by atoms with van der Waals surface area (Å²) in [6.45, 7) is 0.636. The van der Waals surface area contributed by atoms with E-state index in [9.17, 15) is 4.79 Å². The van der Waals surface area contributed by atoms with Crippen molar-refractivity contribution < 1.29 is 14.7 Å². The van der Waals surface area contributed by atoms with Crippen molar-refractivity contribution in [2.75, 3.05) is 13.2 Å². The van der Waals surface area contributed by atoms with Crippen molar-refractivity contribution in [1.82, 2.24) is 5.06 Å². The van der Waals surface area contributed by atoms with Gasteiger partial charge in [0.15, 0.2) is 0 Å². The van der Waals surface area contributed by atoms with Crippen LogP contribution in [0.4, 0.5) is 0 Å². The first-order valence-electron chi connectivity index (χ1n) is 5.36. The Morgan fingerprint density at radius 2 is 2.14 bits per heavy atom. The van der Waals surface area contributed by atoms with Gasteiger partial charge in [0.25, 0.3) is 0 Å². The minimum atomic E-state index is -0.174. The predicted octanol–water partition coefficient (Wildman–Crippen LogP) is 0.845. The number of hydrogen-bond acceptors (Lipinski definition) is 3. The third-order valence-electron chi connectivity index (χ3n) is 3.09. The summed E-state index contributed by atoms with van der Waals surface area (Å²) < 4.78 is 0. The molecule has 1 aliphatic carbocycles. The molecule has 4 nitrogen and oxygen atoms in total. The summed E-state index contributed by atoms with van der Waals surface area (Å²) in [5.41, 5.74) is -0.174. The van der Waals surface area contributed by atoms with Crippen LogP contribution in [0.1, 0.15) is 38.5 Å². The van der Waals surface area contributed by atoms with Crippen LogP contribution < -0.4 is 0 Å². The lowest BCUT2D eigenvalue weighted by molar-refractivity contribution is -0.198. The van der Waals surface area contributed by atoms with E-state index in [1.54, 1.807) is 0 Å². The van der Waals surface area contributed by atoms with Gasteiger partial charge in [0.1, 0.15) is 5.60 Å². The Balaban J connectivity index is 1.92. The van der Waals surface area contributed by atoms with Crippen molar-refractivity contribution in [1.29, 1.82) is 0 Å². The molecular formula is C10H17NO3. The first kappa shape index (κ1) is 9.93. The van der Waals surface area contributed by atoms with Gasteiger partial charge in [-0.25, -0.2) is 5.06 Å². The van der Waals surface area contributed by atoms with Gasteiger partial charge in [-0.05, 0) is 19.3 Å². The lowest BCUT2D eigenvalue weighted by Gasteiger charge is -2.22. The standard InChI is InChI=1S/C10H17NO3/c12-7-3-6-11-9(13)8-10(14-11)4-1-2-5-10/h12H,1-8H2. The van der Waals surface area contributed by atoms with E-state index >= 15 is 0 Å². The number of nitrogens with zero attached hydrogens (tertiary/aromatic N) is 1. The molecule has 0 aromatic rings. The molecule has 2 aliphatic rings. The largest absolute Gasteiger partial charge is 0.396 e. The van der Waals surface area contributed by atoms with Crippen molar-refractivity contribution in [2.24, 2.45) is 0 Å². The van der Waals surface area contributed by atoms with Gasteiger partial charge in [-0.15, -0.1) is 0 Å². The van der Waals surface area contributed by atoms with Gasteiger partial charge in [-0.3, -0.25) is 9.63 Å². The fraction of sp³-hybridized carbons (Fsp3) is 0.900.